The molecule has 0 amide bonds. The van der Waals surface area contributed by atoms with Crippen LogP contribution in [-0.2, 0) is 5.41 Å². The van der Waals surface area contributed by atoms with Crippen LogP contribution in [0.5, 0.6) is 0 Å². The van der Waals surface area contributed by atoms with Crippen molar-refractivity contribution < 1.29 is 9.50 Å². The van der Waals surface area contributed by atoms with Gasteiger partial charge in [0.2, 0.25) is 0 Å². The van der Waals surface area contributed by atoms with Gasteiger partial charge in [0.1, 0.15) is 5.82 Å². The third kappa shape index (κ3) is 2.27. The highest BCUT2D eigenvalue weighted by Crippen LogP contribution is 2.33. The molecule has 0 aliphatic rings. The number of hydrogen-bond acceptors (Lipinski definition) is 1. The molecule has 0 aromatic heterocycles. The Balaban J connectivity index is 3.29. The Labute approximate surface area is 96.0 Å². The molecule has 4 heteroatoms. The van der Waals surface area contributed by atoms with E-state index in [0.717, 1.165) is 5.56 Å². The predicted octanol–water partition coefficient (Wildman–Crippen LogP) is 3.51. The van der Waals surface area contributed by atoms with Gasteiger partial charge in [-0.25, -0.2) is 4.39 Å². The van der Waals surface area contributed by atoms with E-state index in [1.165, 1.54) is 6.07 Å². The van der Waals surface area contributed by atoms with Gasteiger partial charge in [0.15, 0.2) is 0 Å². The van der Waals surface area contributed by atoms with E-state index in [1.807, 2.05) is 13.8 Å². The molecule has 78 valence electrons. The molecule has 0 heterocycles. The fourth-order valence-corrected chi connectivity index (χ4v) is 1.88. The second kappa shape index (κ2) is 4.17. The molecule has 0 saturated carbocycles. The molecule has 0 saturated heterocycles. The van der Waals surface area contributed by atoms with Crippen LogP contribution >= 0.6 is 27.5 Å². The van der Waals surface area contributed by atoms with Crippen molar-refractivity contribution in [2.75, 3.05) is 6.61 Å². The van der Waals surface area contributed by atoms with Crippen molar-refractivity contribution in [3.63, 3.8) is 0 Å². The molecule has 0 fully saturated rings. The summed E-state index contributed by atoms with van der Waals surface area (Å²) in [7, 11) is 0. The van der Waals surface area contributed by atoms with E-state index >= 15 is 0 Å². The van der Waals surface area contributed by atoms with Crippen LogP contribution in [0.4, 0.5) is 4.39 Å². The molecule has 1 rings (SSSR count). The molecule has 0 spiro atoms. The van der Waals surface area contributed by atoms with Crippen molar-refractivity contribution in [2.45, 2.75) is 19.3 Å². The summed E-state index contributed by atoms with van der Waals surface area (Å²) in [6.45, 7) is 3.65. The minimum absolute atomic E-state index is 0.0369. The van der Waals surface area contributed by atoms with Crippen LogP contribution < -0.4 is 0 Å². The Morgan fingerprint density at radius 1 is 1.50 bits per heavy atom. The van der Waals surface area contributed by atoms with Crippen molar-refractivity contribution in [3.05, 3.63) is 33.0 Å². The molecule has 0 aliphatic carbocycles. The normalized spacial score (nSPS) is 11.9. The molecule has 0 aliphatic heterocycles. The summed E-state index contributed by atoms with van der Waals surface area (Å²) in [5, 5.41) is 9.50. The first-order valence-corrected chi connectivity index (χ1v) is 5.31. The highest BCUT2D eigenvalue weighted by atomic mass is 79.9. The fraction of sp³-hybridized carbons (Fsp3) is 0.400. The maximum absolute atomic E-state index is 13.1. The zero-order valence-electron chi connectivity index (χ0n) is 7.94. The Bertz CT molecular complexity index is 352. The fourth-order valence-electron chi connectivity index (χ4n) is 1.13. The molecule has 1 aromatic carbocycles. The van der Waals surface area contributed by atoms with Crippen molar-refractivity contribution in [1.82, 2.24) is 0 Å². The van der Waals surface area contributed by atoms with Crippen LogP contribution in [0.15, 0.2) is 16.6 Å². The lowest BCUT2D eigenvalue weighted by Crippen LogP contribution is -2.22. The van der Waals surface area contributed by atoms with Gasteiger partial charge < -0.3 is 5.11 Å². The second-order valence-corrected chi connectivity index (χ2v) is 5.05. The van der Waals surface area contributed by atoms with Gasteiger partial charge in [0, 0.05) is 10.4 Å². The number of hydrogen-bond donors (Lipinski definition) is 1. The molecular weight excluding hydrogens is 270 g/mol. The lowest BCUT2D eigenvalue weighted by atomic mass is 9.85. The van der Waals surface area contributed by atoms with Crippen LogP contribution in [0.2, 0.25) is 5.02 Å². The SMILES string of the molecule is CC(C)(CO)c1cc(Br)c(F)cc1Cl. The van der Waals surface area contributed by atoms with Gasteiger partial charge in [-0.3, -0.25) is 0 Å². The molecule has 1 N–H and O–H groups in total. The standard InChI is InChI=1S/C10H11BrClFO/c1-10(2,5-14)6-3-7(11)9(13)4-8(6)12/h3-4,14H,5H2,1-2H3. The van der Waals surface area contributed by atoms with E-state index in [2.05, 4.69) is 15.9 Å². The van der Waals surface area contributed by atoms with E-state index in [-0.39, 0.29) is 6.61 Å². The lowest BCUT2D eigenvalue weighted by Gasteiger charge is -2.23. The average molecular weight is 282 g/mol. The maximum Gasteiger partial charge on any atom is 0.138 e. The number of aliphatic hydroxyl groups excluding tert-OH is 1. The third-order valence-corrected chi connectivity index (χ3v) is 3.05. The Morgan fingerprint density at radius 2 is 2.07 bits per heavy atom. The van der Waals surface area contributed by atoms with Crippen molar-refractivity contribution in [1.29, 1.82) is 0 Å². The van der Waals surface area contributed by atoms with E-state index in [1.54, 1.807) is 6.07 Å². The largest absolute Gasteiger partial charge is 0.395 e. The zero-order valence-corrected chi connectivity index (χ0v) is 10.3. The first-order chi connectivity index (χ1) is 6.38. The van der Waals surface area contributed by atoms with Gasteiger partial charge in [-0.05, 0) is 33.6 Å². The van der Waals surface area contributed by atoms with Gasteiger partial charge in [-0.1, -0.05) is 25.4 Å². The van der Waals surface area contributed by atoms with Crippen LogP contribution in [0, 0.1) is 5.82 Å². The Kier molecular flexibility index (Phi) is 3.56. The van der Waals surface area contributed by atoms with E-state index in [0.29, 0.717) is 9.50 Å². The summed E-state index contributed by atoms with van der Waals surface area (Å²) >= 11 is 8.98. The maximum atomic E-state index is 13.1. The average Bonchev–Trinajstić information content (AvgIpc) is 2.11. The van der Waals surface area contributed by atoms with Crippen LogP contribution in [0.3, 0.4) is 0 Å². The van der Waals surface area contributed by atoms with Gasteiger partial charge in [0.25, 0.3) is 0 Å². The summed E-state index contributed by atoms with van der Waals surface area (Å²) in [4.78, 5) is 0. The summed E-state index contributed by atoms with van der Waals surface area (Å²) in [6.07, 6.45) is 0. The number of aliphatic hydroxyl groups is 1. The summed E-state index contributed by atoms with van der Waals surface area (Å²) in [6, 6.07) is 2.85. The molecule has 1 nitrogen and oxygen atoms in total. The summed E-state index contributed by atoms with van der Waals surface area (Å²) in [5.74, 6) is -0.396. The van der Waals surface area contributed by atoms with E-state index in [4.69, 9.17) is 16.7 Å². The quantitative estimate of drug-likeness (QED) is 0.823. The molecule has 1 aromatic rings. The van der Waals surface area contributed by atoms with Crippen molar-refractivity contribution in [2.24, 2.45) is 0 Å². The van der Waals surface area contributed by atoms with E-state index in [9.17, 15) is 4.39 Å². The summed E-state index contributed by atoms with van der Waals surface area (Å²) < 4.78 is 13.4. The van der Waals surface area contributed by atoms with Gasteiger partial charge in [-0.2, -0.15) is 0 Å². The molecular formula is C10H11BrClFO. The van der Waals surface area contributed by atoms with Gasteiger partial charge >= 0.3 is 0 Å². The number of rotatable bonds is 2. The smallest absolute Gasteiger partial charge is 0.138 e. The van der Waals surface area contributed by atoms with E-state index < -0.39 is 11.2 Å². The first kappa shape index (κ1) is 12.0. The monoisotopic (exact) mass is 280 g/mol. The second-order valence-electron chi connectivity index (χ2n) is 3.79. The molecule has 0 unspecified atom stereocenters. The van der Waals surface area contributed by atoms with Crippen molar-refractivity contribution >= 4 is 27.5 Å². The number of benzene rings is 1. The third-order valence-electron chi connectivity index (χ3n) is 2.13. The molecule has 14 heavy (non-hydrogen) atoms. The summed E-state index contributed by atoms with van der Waals surface area (Å²) in [5.41, 5.74) is 0.266. The molecule has 0 atom stereocenters. The highest BCUT2D eigenvalue weighted by molar-refractivity contribution is 9.10. The van der Waals surface area contributed by atoms with Gasteiger partial charge in [-0.15, -0.1) is 0 Å². The predicted molar refractivity (Wildman–Crippen MR) is 59.2 cm³/mol. The Hall–Kier alpha value is -0.120. The zero-order chi connectivity index (χ0) is 10.9. The van der Waals surface area contributed by atoms with Crippen LogP contribution in [0.1, 0.15) is 19.4 Å². The Morgan fingerprint density at radius 3 is 2.57 bits per heavy atom. The highest BCUT2D eigenvalue weighted by Gasteiger charge is 2.23. The first-order valence-electron chi connectivity index (χ1n) is 4.14. The van der Waals surface area contributed by atoms with Crippen LogP contribution in [0.25, 0.3) is 0 Å². The minimum atomic E-state index is -0.465. The lowest BCUT2D eigenvalue weighted by molar-refractivity contribution is 0.218. The number of halogens is 3. The van der Waals surface area contributed by atoms with Gasteiger partial charge in [0.05, 0.1) is 11.1 Å². The molecule has 0 bridgehead atoms. The van der Waals surface area contributed by atoms with Crippen LogP contribution in [-0.4, -0.2) is 11.7 Å². The topological polar surface area (TPSA) is 20.2 Å². The molecule has 0 radical (unpaired) electrons. The van der Waals surface area contributed by atoms with Crippen molar-refractivity contribution in [3.8, 4) is 0 Å². The minimum Gasteiger partial charge on any atom is -0.395 e.